The van der Waals surface area contributed by atoms with E-state index in [1.54, 1.807) is 0 Å². The maximum absolute atomic E-state index is 13.4. The second kappa shape index (κ2) is 4.65. The first-order valence-electron chi connectivity index (χ1n) is 6.50. The summed E-state index contributed by atoms with van der Waals surface area (Å²) in [6.45, 7) is 0.345. The molecule has 0 radical (unpaired) electrons. The van der Waals surface area contributed by atoms with Crippen LogP contribution in [0.3, 0.4) is 0 Å². The van der Waals surface area contributed by atoms with Gasteiger partial charge in [0.2, 0.25) is 11.6 Å². The van der Waals surface area contributed by atoms with E-state index >= 15 is 0 Å². The van der Waals surface area contributed by atoms with E-state index in [2.05, 4.69) is 10.3 Å². The quantitative estimate of drug-likeness (QED) is 0.674. The van der Waals surface area contributed by atoms with Crippen LogP contribution in [0, 0.1) is 41.3 Å². The molecule has 3 atom stereocenters. The zero-order valence-electron chi connectivity index (χ0n) is 10.2. The maximum Gasteiger partial charge on any atom is 0.253 e. The summed E-state index contributed by atoms with van der Waals surface area (Å²) in [5.41, 5.74) is -0.743. The molecule has 2 fully saturated rings. The van der Waals surface area contributed by atoms with Gasteiger partial charge in [0.15, 0.2) is 0 Å². The summed E-state index contributed by atoms with van der Waals surface area (Å²) in [7, 11) is 0. The Morgan fingerprint density at radius 2 is 1.68 bits per heavy atom. The number of nitrogens with zero attached hydrogens (tertiary/aromatic N) is 1. The largest absolute Gasteiger partial charge is 0.380 e. The van der Waals surface area contributed by atoms with Gasteiger partial charge in [-0.1, -0.05) is 6.42 Å². The molecule has 0 saturated heterocycles. The van der Waals surface area contributed by atoms with Gasteiger partial charge in [-0.25, -0.2) is 0 Å². The summed E-state index contributed by atoms with van der Waals surface area (Å²) in [5.74, 6) is -4.54. The molecular formula is C13H14F4N2. The van der Waals surface area contributed by atoms with E-state index in [4.69, 9.17) is 0 Å². The van der Waals surface area contributed by atoms with E-state index in [0.29, 0.717) is 24.3 Å². The summed E-state index contributed by atoms with van der Waals surface area (Å²) >= 11 is 0. The van der Waals surface area contributed by atoms with Crippen LogP contribution in [0.2, 0.25) is 0 Å². The molecule has 1 heterocycles. The zero-order valence-corrected chi connectivity index (χ0v) is 10.2. The molecule has 0 amide bonds. The van der Waals surface area contributed by atoms with E-state index in [9.17, 15) is 17.6 Å². The van der Waals surface area contributed by atoms with Crippen LogP contribution in [0.1, 0.15) is 25.7 Å². The summed E-state index contributed by atoms with van der Waals surface area (Å²) < 4.78 is 52.7. The van der Waals surface area contributed by atoms with Crippen LogP contribution in [0.25, 0.3) is 0 Å². The molecule has 6 heteroatoms. The first kappa shape index (κ1) is 12.7. The van der Waals surface area contributed by atoms with Crippen molar-refractivity contribution < 1.29 is 17.6 Å². The van der Waals surface area contributed by atoms with Crippen molar-refractivity contribution in [1.29, 1.82) is 0 Å². The molecule has 2 bridgehead atoms. The van der Waals surface area contributed by atoms with Gasteiger partial charge in [0, 0.05) is 6.54 Å². The summed E-state index contributed by atoms with van der Waals surface area (Å²) in [6, 6.07) is 0. The fourth-order valence-electron chi connectivity index (χ4n) is 3.50. The topological polar surface area (TPSA) is 24.9 Å². The van der Waals surface area contributed by atoms with Crippen LogP contribution in [0.4, 0.5) is 23.2 Å². The molecule has 2 saturated carbocycles. The van der Waals surface area contributed by atoms with Gasteiger partial charge in [-0.3, -0.25) is 0 Å². The Hall–Kier alpha value is -1.33. The highest BCUT2D eigenvalue weighted by molar-refractivity contribution is 5.45. The van der Waals surface area contributed by atoms with Crippen molar-refractivity contribution in [3.05, 3.63) is 23.5 Å². The van der Waals surface area contributed by atoms with Crippen molar-refractivity contribution in [2.45, 2.75) is 25.7 Å². The van der Waals surface area contributed by atoms with Gasteiger partial charge in [0.1, 0.15) is 5.69 Å². The molecule has 2 aliphatic carbocycles. The third kappa shape index (κ3) is 2.17. The van der Waals surface area contributed by atoms with E-state index in [1.807, 2.05) is 0 Å². The van der Waals surface area contributed by atoms with Crippen LogP contribution in [0.15, 0.2) is 0 Å². The third-order valence-corrected chi connectivity index (χ3v) is 4.42. The van der Waals surface area contributed by atoms with Crippen molar-refractivity contribution in [1.82, 2.24) is 4.98 Å². The first-order chi connectivity index (χ1) is 9.06. The van der Waals surface area contributed by atoms with E-state index in [1.165, 1.54) is 6.42 Å². The Balaban J connectivity index is 1.73. The molecule has 0 aliphatic heterocycles. The van der Waals surface area contributed by atoms with Gasteiger partial charge in [-0.2, -0.15) is 22.5 Å². The number of halogens is 4. The van der Waals surface area contributed by atoms with Crippen molar-refractivity contribution in [3.8, 4) is 0 Å². The number of pyridine rings is 1. The highest BCUT2D eigenvalue weighted by Gasteiger charge is 2.39. The van der Waals surface area contributed by atoms with Crippen LogP contribution < -0.4 is 5.32 Å². The number of aromatic nitrogens is 1. The minimum atomic E-state index is -1.62. The SMILES string of the molecule is Fc1nc(F)c(F)c(NCC2CC3CCC2C3)c1F. The van der Waals surface area contributed by atoms with Crippen LogP contribution in [-0.2, 0) is 0 Å². The number of anilines is 1. The number of nitrogens with one attached hydrogen (secondary N) is 1. The molecule has 1 aromatic rings. The molecule has 2 nitrogen and oxygen atoms in total. The lowest BCUT2D eigenvalue weighted by atomic mass is 9.89. The Kier molecular flexibility index (Phi) is 3.11. The van der Waals surface area contributed by atoms with Gasteiger partial charge in [0.25, 0.3) is 11.9 Å². The number of fused-ring (bicyclic) bond motifs is 2. The van der Waals surface area contributed by atoms with Crippen molar-refractivity contribution >= 4 is 5.69 Å². The molecule has 3 unspecified atom stereocenters. The minimum Gasteiger partial charge on any atom is -0.380 e. The molecule has 3 rings (SSSR count). The summed E-state index contributed by atoms with van der Waals surface area (Å²) in [5, 5.41) is 2.52. The molecule has 104 valence electrons. The second-order valence-corrected chi connectivity index (χ2v) is 5.51. The Morgan fingerprint density at radius 3 is 2.21 bits per heavy atom. The van der Waals surface area contributed by atoms with Crippen LogP contribution in [0.5, 0.6) is 0 Å². The normalized spacial score (nSPS) is 28.9. The Labute approximate surface area is 108 Å². The second-order valence-electron chi connectivity index (χ2n) is 5.51. The van der Waals surface area contributed by atoms with Crippen molar-refractivity contribution in [3.63, 3.8) is 0 Å². The minimum absolute atomic E-state index is 0.330. The Morgan fingerprint density at radius 1 is 1.00 bits per heavy atom. The average Bonchev–Trinajstić information content (AvgIpc) is 2.98. The van der Waals surface area contributed by atoms with Crippen LogP contribution >= 0.6 is 0 Å². The maximum atomic E-state index is 13.4. The smallest absolute Gasteiger partial charge is 0.253 e. The number of rotatable bonds is 3. The predicted octanol–water partition coefficient (Wildman–Crippen LogP) is 3.49. The lowest BCUT2D eigenvalue weighted by Gasteiger charge is -2.22. The van der Waals surface area contributed by atoms with E-state index < -0.39 is 29.2 Å². The standard InChI is InChI=1S/C13H14F4N2/c14-9-11(10(15)13(17)19-12(9)16)18-5-8-4-6-1-2-7(8)3-6/h6-8H,1-5H2,(H,18,19). The summed E-state index contributed by atoms with van der Waals surface area (Å²) in [6.07, 6.45) is 4.55. The lowest BCUT2D eigenvalue weighted by molar-refractivity contribution is 0.346. The fraction of sp³-hybridized carbons (Fsp3) is 0.615. The molecule has 1 N–H and O–H groups in total. The van der Waals surface area contributed by atoms with Crippen molar-refractivity contribution in [2.75, 3.05) is 11.9 Å². The molecule has 19 heavy (non-hydrogen) atoms. The van der Waals surface area contributed by atoms with Crippen molar-refractivity contribution in [2.24, 2.45) is 17.8 Å². The van der Waals surface area contributed by atoms with Gasteiger partial charge >= 0.3 is 0 Å². The van der Waals surface area contributed by atoms with Gasteiger partial charge < -0.3 is 5.32 Å². The lowest BCUT2D eigenvalue weighted by Crippen LogP contribution is -2.21. The monoisotopic (exact) mass is 274 g/mol. The fourth-order valence-corrected chi connectivity index (χ4v) is 3.50. The zero-order chi connectivity index (χ0) is 13.6. The van der Waals surface area contributed by atoms with Gasteiger partial charge in [-0.05, 0) is 37.0 Å². The molecular weight excluding hydrogens is 260 g/mol. The number of hydrogen-bond donors (Lipinski definition) is 1. The third-order valence-electron chi connectivity index (χ3n) is 4.42. The highest BCUT2D eigenvalue weighted by atomic mass is 19.2. The number of hydrogen-bond acceptors (Lipinski definition) is 2. The molecule has 0 aromatic carbocycles. The van der Waals surface area contributed by atoms with E-state index in [0.717, 1.165) is 19.3 Å². The summed E-state index contributed by atoms with van der Waals surface area (Å²) in [4.78, 5) is 2.53. The highest BCUT2D eigenvalue weighted by Crippen LogP contribution is 2.48. The van der Waals surface area contributed by atoms with Gasteiger partial charge in [0.05, 0.1) is 0 Å². The van der Waals surface area contributed by atoms with E-state index in [-0.39, 0.29) is 0 Å². The predicted molar refractivity (Wildman–Crippen MR) is 61.5 cm³/mol. The average molecular weight is 274 g/mol. The molecule has 1 aromatic heterocycles. The Bertz CT molecular complexity index is 480. The van der Waals surface area contributed by atoms with Crippen LogP contribution in [-0.4, -0.2) is 11.5 Å². The molecule has 2 aliphatic rings. The van der Waals surface area contributed by atoms with Gasteiger partial charge in [-0.15, -0.1) is 0 Å². The first-order valence-corrected chi connectivity index (χ1v) is 6.50. The molecule has 0 spiro atoms.